The van der Waals surface area contributed by atoms with Crippen LogP contribution in [-0.2, 0) is 16.0 Å². The van der Waals surface area contributed by atoms with Crippen LogP contribution < -0.4 is 10.1 Å². The van der Waals surface area contributed by atoms with E-state index in [2.05, 4.69) is 42.0 Å². The number of rotatable bonds is 8. The van der Waals surface area contributed by atoms with E-state index in [4.69, 9.17) is 9.47 Å². The Morgan fingerprint density at radius 1 is 1.15 bits per heavy atom. The van der Waals surface area contributed by atoms with Crippen molar-refractivity contribution in [1.29, 1.82) is 0 Å². The zero-order valence-electron chi connectivity index (χ0n) is 19.5. The molecule has 0 unspecified atom stereocenters. The molecule has 5 nitrogen and oxygen atoms in total. The lowest BCUT2D eigenvalue weighted by molar-refractivity contribution is -0.118. The molecule has 174 valence electrons. The standard InChI is InChI=1S/C26H28BrNO4S/c1-6-17-7-9-18(10-8-17)20-14-33-25(24(20)26(30)31-5)28-23(29)13-32-22-11-16(4)21(27)12-19(22)15(2)3/h7-12,14-15H,6,13H2,1-5H3,(H,28,29). The van der Waals surface area contributed by atoms with Gasteiger partial charge in [0.2, 0.25) is 0 Å². The normalized spacial score (nSPS) is 10.9. The molecule has 1 N–H and O–H groups in total. The molecule has 1 amide bonds. The van der Waals surface area contributed by atoms with Crippen molar-refractivity contribution in [3.63, 3.8) is 0 Å². The van der Waals surface area contributed by atoms with Crippen LogP contribution >= 0.6 is 27.3 Å². The largest absolute Gasteiger partial charge is 0.483 e. The lowest BCUT2D eigenvalue weighted by Crippen LogP contribution is -2.21. The molecule has 1 heterocycles. The number of benzene rings is 2. The summed E-state index contributed by atoms with van der Waals surface area (Å²) in [6, 6.07) is 12.0. The van der Waals surface area contributed by atoms with Crippen molar-refractivity contribution in [2.45, 2.75) is 40.0 Å². The number of aryl methyl sites for hydroxylation is 2. The third-order valence-corrected chi connectivity index (χ3v) is 7.13. The number of ether oxygens (including phenoxy) is 2. The van der Waals surface area contributed by atoms with Crippen molar-refractivity contribution in [2.75, 3.05) is 19.0 Å². The van der Waals surface area contributed by atoms with Crippen molar-refractivity contribution >= 4 is 44.1 Å². The highest BCUT2D eigenvalue weighted by molar-refractivity contribution is 9.10. The first-order valence-electron chi connectivity index (χ1n) is 10.8. The summed E-state index contributed by atoms with van der Waals surface area (Å²) in [5.74, 6) is 0.0830. The van der Waals surface area contributed by atoms with Gasteiger partial charge in [-0.2, -0.15) is 0 Å². The van der Waals surface area contributed by atoms with Crippen LogP contribution in [0.3, 0.4) is 0 Å². The van der Waals surface area contributed by atoms with Crippen molar-refractivity contribution in [2.24, 2.45) is 0 Å². The fourth-order valence-corrected chi connectivity index (χ4v) is 4.77. The quantitative estimate of drug-likeness (QED) is 0.319. The third-order valence-electron chi connectivity index (χ3n) is 5.38. The van der Waals surface area contributed by atoms with Gasteiger partial charge in [0.05, 0.1) is 7.11 Å². The molecule has 0 fully saturated rings. The SMILES string of the molecule is CCc1ccc(-c2csc(NC(=O)COc3cc(C)c(Br)cc3C(C)C)c2C(=O)OC)cc1. The number of esters is 1. The van der Waals surface area contributed by atoms with Crippen LogP contribution in [0.2, 0.25) is 0 Å². The average molecular weight is 530 g/mol. The summed E-state index contributed by atoms with van der Waals surface area (Å²) in [5.41, 5.74) is 5.23. The number of halogens is 1. The van der Waals surface area contributed by atoms with Crippen LogP contribution in [-0.4, -0.2) is 25.6 Å². The number of anilines is 1. The zero-order valence-corrected chi connectivity index (χ0v) is 21.9. The van der Waals surface area contributed by atoms with E-state index >= 15 is 0 Å². The van der Waals surface area contributed by atoms with Gasteiger partial charge in [0.1, 0.15) is 16.3 Å². The first kappa shape index (κ1) is 25.0. The van der Waals surface area contributed by atoms with Crippen LogP contribution in [0.15, 0.2) is 46.3 Å². The molecular weight excluding hydrogens is 502 g/mol. The summed E-state index contributed by atoms with van der Waals surface area (Å²) in [5, 5.41) is 5.13. The van der Waals surface area contributed by atoms with E-state index in [-0.39, 0.29) is 18.4 Å². The number of amides is 1. The topological polar surface area (TPSA) is 64.6 Å². The number of carbonyl (C=O) groups excluding carboxylic acids is 2. The van der Waals surface area contributed by atoms with Crippen molar-refractivity contribution < 1.29 is 19.1 Å². The van der Waals surface area contributed by atoms with Gasteiger partial charge in [-0.05, 0) is 53.6 Å². The predicted molar refractivity (Wildman–Crippen MR) is 138 cm³/mol. The number of methoxy groups -OCH3 is 1. The summed E-state index contributed by atoms with van der Waals surface area (Å²) in [6.07, 6.45) is 0.936. The number of nitrogens with one attached hydrogen (secondary N) is 1. The zero-order chi connectivity index (χ0) is 24.1. The second-order valence-corrected chi connectivity index (χ2v) is 9.76. The minimum absolute atomic E-state index is 0.167. The molecule has 3 aromatic rings. The molecular formula is C26H28BrNO4S. The molecule has 1 aromatic heterocycles. The molecule has 0 saturated heterocycles. The Bertz CT molecular complexity index is 1150. The Morgan fingerprint density at radius 2 is 1.85 bits per heavy atom. The molecule has 0 atom stereocenters. The molecule has 2 aromatic carbocycles. The third kappa shape index (κ3) is 5.84. The Labute approximate surface area is 207 Å². The molecule has 0 aliphatic rings. The van der Waals surface area contributed by atoms with Crippen LogP contribution in [0.25, 0.3) is 11.1 Å². The summed E-state index contributed by atoms with van der Waals surface area (Å²) in [6.45, 7) is 8.05. The summed E-state index contributed by atoms with van der Waals surface area (Å²) >= 11 is 4.85. The van der Waals surface area contributed by atoms with Crippen LogP contribution in [0.4, 0.5) is 5.00 Å². The second kappa shape index (κ2) is 11.0. The lowest BCUT2D eigenvalue weighted by Gasteiger charge is -2.16. The molecule has 0 aliphatic carbocycles. The molecule has 7 heteroatoms. The van der Waals surface area contributed by atoms with Crippen molar-refractivity contribution in [3.05, 3.63) is 68.5 Å². The molecule has 3 rings (SSSR count). The Kier molecular flexibility index (Phi) is 8.32. The van der Waals surface area contributed by atoms with Crippen LogP contribution in [0.1, 0.15) is 53.7 Å². The van der Waals surface area contributed by atoms with Gasteiger partial charge in [-0.3, -0.25) is 4.79 Å². The number of thiophene rings is 1. The minimum atomic E-state index is -0.493. The van der Waals surface area contributed by atoms with Gasteiger partial charge in [-0.25, -0.2) is 4.79 Å². The highest BCUT2D eigenvalue weighted by atomic mass is 79.9. The summed E-state index contributed by atoms with van der Waals surface area (Å²) in [7, 11) is 1.34. The van der Waals surface area contributed by atoms with E-state index < -0.39 is 5.97 Å². The van der Waals surface area contributed by atoms with Gasteiger partial charge in [0.25, 0.3) is 5.91 Å². The molecule has 33 heavy (non-hydrogen) atoms. The van der Waals surface area contributed by atoms with Crippen LogP contribution in [0.5, 0.6) is 5.75 Å². The van der Waals surface area contributed by atoms with Crippen molar-refractivity contribution in [1.82, 2.24) is 0 Å². The van der Waals surface area contributed by atoms with E-state index in [1.807, 2.05) is 48.7 Å². The van der Waals surface area contributed by atoms with E-state index in [0.29, 0.717) is 16.3 Å². The maximum Gasteiger partial charge on any atom is 0.341 e. The van der Waals surface area contributed by atoms with Crippen LogP contribution in [0, 0.1) is 6.92 Å². The Balaban J connectivity index is 1.81. The van der Waals surface area contributed by atoms with Gasteiger partial charge in [-0.1, -0.05) is 61.0 Å². The minimum Gasteiger partial charge on any atom is -0.483 e. The van der Waals surface area contributed by atoms with E-state index in [0.717, 1.165) is 33.1 Å². The lowest BCUT2D eigenvalue weighted by atomic mass is 10.0. The van der Waals surface area contributed by atoms with Gasteiger partial charge >= 0.3 is 5.97 Å². The molecule has 0 saturated carbocycles. The number of hydrogen-bond acceptors (Lipinski definition) is 5. The smallest absolute Gasteiger partial charge is 0.341 e. The number of hydrogen-bond donors (Lipinski definition) is 1. The number of carbonyl (C=O) groups is 2. The van der Waals surface area contributed by atoms with Gasteiger partial charge in [-0.15, -0.1) is 11.3 Å². The molecule has 0 aliphatic heterocycles. The summed E-state index contributed by atoms with van der Waals surface area (Å²) in [4.78, 5) is 25.3. The predicted octanol–water partition coefficient (Wildman–Crippen LogP) is 6.98. The molecule has 0 radical (unpaired) electrons. The van der Waals surface area contributed by atoms with Gasteiger partial charge < -0.3 is 14.8 Å². The summed E-state index contributed by atoms with van der Waals surface area (Å²) < 4.78 is 11.9. The molecule has 0 bridgehead atoms. The first-order valence-corrected chi connectivity index (χ1v) is 12.4. The highest BCUT2D eigenvalue weighted by Gasteiger charge is 2.23. The van der Waals surface area contributed by atoms with Gasteiger partial charge in [0, 0.05) is 15.4 Å². The van der Waals surface area contributed by atoms with Gasteiger partial charge in [0.15, 0.2) is 6.61 Å². The second-order valence-electron chi connectivity index (χ2n) is 8.03. The van der Waals surface area contributed by atoms with E-state index in [1.165, 1.54) is 24.0 Å². The Morgan fingerprint density at radius 3 is 2.45 bits per heavy atom. The Hall–Kier alpha value is -2.64. The van der Waals surface area contributed by atoms with Crippen molar-refractivity contribution in [3.8, 4) is 16.9 Å². The maximum absolute atomic E-state index is 12.7. The molecule has 0 spiro atoms. The maximum atomic E-state index is 12.7. The average Bonchev–Trinajstić information content (AvgIpc) is 3.22. The fraction of sp³-hybridized carbons (Fsp3) is 0.308. The highest BCUT2D eigenvalue weighted by Crippen LogP contribution is 2.37. The van der Waals surface area contributed by atoms with E-state index in [9.17, 15) is 9.59 Å². The first-order chi connectivity index (χ1) is 15.7. The van der Waals surface area contributed by atoms with E-state index in [1.54, 1.807) is 0 Å². The fourth-order valence-electron chi connectivity index (χ4n) is 3.44. The monoisotopic (exact) mass is 529 g/mol.